The summed E-state index contributed by atoms with van der Waals surface area (Å²) in [5.41, 5.74) is 7.30. The number of pyridine rings is 1. The number of fused-ring (bicyclic) bond motifs is 1. The number of aromatic nitrogens is 1. The van der Waals surface area contributed by atoms with Gasteiger partial charge in [0, 0.05) is 11.5 Å². The normalized spacial score (nSPS) is 11.8. The van der Waals surface area contributed by atoms with E-state index in [2.05, 4.69) is 11.4 Å². The Bertz CT molecular complexity index is 1400. The molecule has 1 unspecified atom stereocenters. The number of primary amides is 1. The number of nitrogens with two attached hydrogens (primary N) is 1. The van der Waals surface area contributed by atoms with Crippen LogP contribution in [0.3, 0.4) is 0 Å². The van der Waals surface area contributed by atoms with E-state index >= 15 is 0 Å². The van der Waals surface area contributed by atoms with Gasteiger partial charge in [0.15, 0.2) is 4.90 Å². The van der Waals surface area contributed by atoms with Gasteiger partial charge in [-0.15, -0.1) is 11.3 Å². The number of para-hydroxylation sites is 1. The Morgan fingerprint density at radius 3 is 2.52 bits per heavy atom. The quantitative estimate of drug-likeness (QED) is 0.452. The van der Waals surface area contributed by atoms with Crippen LogP contribution in [-0.2, 0) is 11.2 Å². The molecule has 0 aliphatic rings. The van der Waals surface area contributed by atoms with E-state index in [-0.39, 0.29) is 10.4 Å². The van der Waals surface area contributed by atoms with Crippen molar-refractivity contribution < 1.29 is 9.35 Å². The van der Waals surface area contributed by atoms with Crippen LogP contribution in [0.15, 0.2) is 70.4 Å². The molecule has 0 saturated heterocycles. The molecule has 0 aliphatic heterocycles. The minimum absolute atomic E-state index is 0.244. The van der Waals surface area contributed by atoms with Crippen molar-refractivity contribution in [2.24, 2.45) is 5.73 Å². The highest BCUT2D eigenvalue weighted by atomic mass is 32.2. The molecule has 3 N–H and O–H groups in total. The third-order valence-electron chi connectivity index (χ3n) is 4.70. The van der Waals surface area contributed by atoms with Gasteiger partial charge < -0.3 is 15.6 Å². The standard InChI is InChI=1S/C22H16N4O3S2/c1-31(29)15-8-6-14(7-9-15)26-18(27)11-10-16-19(20(21(24)28)30-22(16)26)25-17-5-3-2-4-13(17)12-23/h2-11,25H,1H3,(H2,24,28). The van der Waals surface area contributed by atoms with Gasteiger partial charge in [-0.05, 0) is 53.6 Å². The van der Waals surface area contributed by atoms with Crippen LogP contribution < -0.4 is 16.6 Å². The Hall–Kier alpha value is -3.58. The molecule has 2 heterocycles. The lowest BCUT2D eigenvalue weighted by molar-refractivity contribution is 0.100. The number of amides is 1. The number of carbonyl (C=O) groups excluding carboxylic acids is 1. The summed E-state index contributed by atoms with van der Waals surface area (Å²) in [4.78, 5) is 26.3. The summed E-state index contributed by atoms with van der Waals surface area (Å²) in [5, 5.41) is 13.2. The summed E-state index contributed by atoms with van der Waals surface area (Å²) < 4.78 is 13.2. The Kier molecular flexibility index (Phi) is 5.52. The van der Waals surface area contributed by atoms with Crippen molar-refractivity contribution in [3.63, 3.8) is 0 Å². The van der Waals surface area contributed by atoms with E-state index in [0.29, 0.717) is 37.7 Å². The van der Waals surface area contributed by atoms with Crippen molar-refractivity contribution in [3.8, 4) is 11.8 Å². The molecule has 31 heavy (non-hydrogen) atoms. The summed E-state index contributed by atoms with van der Waals surface area (Å²) in [7, 11) is 0. The maximum Gasteiger partial charge on any atom is 0.261 e. The van der Waals surface area contributed by atoms with Crippen molar-refractivity contribution in [2.45, 2.75) is 4.90 Å². The first-order valence-electron chi connectivity index (χ1n) is 9.09. The minimum Gasteiger partial charge on any atom is -0.612 e. The van der Waals surface area contributed by atoms with Crippen molar-refractivity contribution in [1.29, 1.82) is 5.26 Å². The fourth-order valence-corrected chi connectivity index (χ4v) is 4.88. The lowest BCUT2D eigenvalue weighted by Crippen LogP contribution is -2.16. The van der Waals surface area contributed by atoms with Crippen LogP contribution in [-0.4, -0.2) is 21.3 Å². The van der Waals surface area contributed by atoms with E-state index in [0.717, 1.165) is 11.3 Å². The van der Waals surface area contributed by atoms with Crippen molar-refractivity contribution >= 4 is 50.0 Å². The number of nitrogens with one attached hydrogen (secondary N) is 1. The Morgan fingerprint density at radius 2 is 1.87 bits per heavy atom. The fourth-order valence-electron chi connectivity index (χ4n) is 3.24. The second kappa shape index (κ2) is 8.28. The van der Waals surface area contributed by atoms with Gasteiger partial charge >= 0.3 is 0 Å². The Morgan fingerprint density at radius 1 is 1.16 bits per heavy atom. The number of nitriles is 1. The Balaban J connectivity index is 1.94. The number of benzene rings is 2. The molecule has 0 bridgehead atoms. The third kappa shape index (κ3) is 3.80. The molecule has 9 heteroatoms. The smallest absolute Gasteiger partial charge is 0.261 e. The van der Waals surface area contributed by atoms with Crippen LogP contribution >= 0.6 is 11.3 Å². The highest BCUT2D eigenvalue weighted by Crippen LogP contribution is 2.38. The molecular weight excluding hydrogens is 432 g/mol. The molecule has 1 amide bonds. The van der Waals surface area contributed by atoms with Gasteiger partial charge in [0.2, 0.25) is 0 Å². The zero-order valence-corrected chi connectivity index (χ0v) is 17.9. The molecule has 0 spiro atoms. The number of nitrogens with zero attached hydrogens (tertiary/aromatic N) is 2. The predicted molar refractivity (Wildman–Crippen MR) is 123 cm³/mol. The minimum atomic E-state index is -1.14. The highest BCUT2D eigenvalue weighted by molar-refractivity contribution is 7.90. The summed E-state index contributed by atoms with van der Waals surface area (Å²) >= 11 is -0.0462. The van der Waals surface area contributed by atoms with Crippen molar-refractivity contribution in [3.05, 3.63) is 81.5 Å². The third-order valence-corrected chi connectivity index (χ3v) is 6.84. The van der Waals surface area contributed by atoms with Gasteiger partial charge in [-0.1, -0.05) is 12.1 Å². The molecule has 0 radical (unpaired) electrons. The summed E-state index contributed by atoms with van der Waals surface area (Å²) in [6.45, 7) is 0. The van der Waals surface area contributed by atoms with Gasteiger partial charge in [-0.3, -0.25) is 14.2 Å². The average molecular weight is 449 g/mol. The number of thiophene rings is 1. The largest absolute Gasteiger partial charge is 0.612 e. The topological polar surface area (TPSA) is 124 Å². The van der Waals surface area contributed by atoms with Gasteiger partial charge in [0.25, 0.3) is 11.5 Å². The van der Waals surface area contributed by atoms with Crippen LogP contribution in [0.4, 0.5) is 11.4 Å². The second-order valence-corrected chi connectivity index (χ2v) is 9.01. The number of hydrogen-bond donors (Lipinski definition) is 2. The summed E-state index contributed by atoms with van der Waals surface area (Å²) in [6.07, 6.45) is 1.58. The average Bonchev–Trinajstić information content (AvgIpc) is 3.12. The van der Waals surface area contributed by atoms with Crippen LogP contribution in [0.25, 0.3) is 15.9 Å². The van der Waals surface area contributed by atoms with Crippen LogP contribution in [0.2, 0.25) is 0 Å². The first-order valence-corrected chi connectivity index (χ1v) is 11.5. The molecule has 7 nitrogen and oxygen atoms in total. The number of hydrogen-bond acceptors (Lipinski definition) is 6. The lowest BCUT2D eigenvalue weighted by Gasteiger charge is -2.10. The molecule has 4 rings (SSSR count). The maximum atomic E-state index is 12.7. The molecule has 0 saturated carbocycles. The molecule has 2 aromatic heterocycles. The van der Waals surface area contributed by atoms with Crippen molar-refractivity contribution in [1.82, 2.24) is 4.57 Å². The van der Waals surface area contributed by atoms with Crippen LogP contribution in [0.5, 0.6) is 0 Å². The predicted octanol–water partition coefficient (Wildman–Crippen LogP) is 3.50. The van der Waals surface area contributed by atoms with E-state index in [1.54, 1.807) is 60.9 Å². The van der Waals surface area contributed by atoms with Gasteiger partial charge in [-0.2, -0.15) is 5.26 Å². The monoisotopic (exact) mass is 448 g/mol. The van der Waals surface area contributed by atoms with E-state index in [1.165, 1.54) is 10.6 Å². The van der Waals surface area contributed by atoms with E-state index in [9.17, 15) is 19.4 Å². The van der Waals surface area contributed by atoms with Crippen molar-refractivity contribution in [2.75, 3.05) is 11.6 Å². The molecule has 4 aromatic rings. The number of rotatable bonds is 5. The number of anilines is 2. The highest BCUT2D eigenvalue weighted by Gasteiger charge is 2.21. The molecule has 0 fully saturated rings. The summed E-state index contributed by atoms with van der Waals surface area (Å²) in [5.74, 6) is -0.645. The van der Waals surface area contributed by atoms with Gasteiger partial charge in [-0.25, -0.2) is 0 Å². The molecule has 1 atom stereocenters. The van der Waals surface area contributed by atoms with E-state index < -0.39 is 17.1 Å². The fraction of sp³-hybridized carbons (Fsp3) is 0.0455. The second-order valence-electron chi connectivity index (χ2n) is 6.63. The lowest BCUT2D eigenvalue weighted by atomic mass is 10.1. The Labute approximate surface area is 184 Å². The first kappa shape index (κ1) is 20.7. The number of carbonyl (C=O) groups is 1. The zero-order valence-electron chi connectivity index (χ0n) is 16.3. The molecule has 2 aromatic carbocycles. The molecule has 154 valence electrons. The SMILES string of the molecule is C[S+]([O-])c1ccc(-n2c(=O)ccc3c(Nc4ccccc4C#N)c(C(N)=O)sc32)cc1. The van der Waals surface area contributed by atoms with Gasteiger partial charge in [0.05, 0.1) is 22.6 Å². The van der Waals surface area contributed by atoms with Crippen LogP contribution in [0.1, 0.15) is 15.2 Å². The maximum absolute atomic E-state index is 12.7. The zero-order chi connectivity index (χ0) is 22.1. The molecule has 0 aliphatic carbocycles. The van der Waals surface area contributed by atoms with E-state index in [4.69, 9.17) is 5.73 Å². The summed E-state index contributed by atoms with van der Waals surface area (Å²) in [6, 6.07) is 18.9. The van der Waals surface area contributed by atoms with Crippen LogP contribution in [0, 0.1) is 11.3 Å². The van der Waals surface area contributed by atoms with E-state index in [1.807, 2.05) is 0 Å². The molecular formula is C22H16N4O3S2. The van der Waals surface area contributed by atoms with Gasteiger partial charge in [0.1, 0.15) is 22.0 Å². The first-order chi connectivity index (χ1) is 14.9.